The number of rotatable bonds is 17. The van der Waals surface area contributed by atoms with Crippen molar-refractivity contribution in [1.29, 1.82) is 0 Å². The molecule has 1 atom stereocenters. The van der Waals surface area contributed by atoms with Crippen molar-refractivity contribution in [2.75, 3.05) is 0 Å². The van der Waals surface area contributed by atoms with Crippen LogP contribution < -0.4 is 0 Å². The van der Waals surface area contributed by atoms with Gasteiger partial charge in [0.25, 0.3) is 0 Å². The van der Waals surface area contributed by atoms with Crippen molar-refractivity contribution in [3.63, 3.8) is 0 Å². The molecular formula is C27H38O4. The van der Waals surface area contributed by atoms with Gasteiger partial charge in [0.1, 0.15) is 0 Å². The SMILES string of the molecule is CCCCC/C=C\C/C=C\CCCCCCC(C(=O)O)c1ccccc1/C=C/C(=O)O. The average Bonchev–Trinajstić information content (AvgIpc) is 2.75. The van der Waals surface area contributed by atoms with E-state index in [0.29, 0.717) is 17.5 Å². The molecule has 4 nitrogen and oxygen atoms in total. The van der Waals surface area contributed by atoms with E-state index >= 15 is 0 Å². The summed E-state index contributed by atoms with van der Waals surface area (Å²) in [6.45, 7) is 2.22. The molecule has 0 aliphatic rings. The Bertz CT molecular complexity index is 731. The quantitative estimate of drug-likeness (QED) is 0.155. The van der Waals surface area contributed by atoms with Crippen LogP contribution in [0.15, 0.2) is 54.6 Å². The van der Waals surface area contributed by atoms with Crippen molar-refractivity contribution < 1.29 is 19.8 Å². The number of carboxylic acid groups (broad SMARTS) is 2. The van der Waals surface area contributed by atoms with E-state index in [1.54, 1.807) is 24.3 Å². The van der Waals surface area contributed by atoms with Gasteiger partial charge in [0.15, 0.2) is 0 Å². The summed E-state index contributed by atoms with van der Waals surface area (Å²) < 4.78 is 0. The fourth-order valence-electron chi connectivity index (χ4n) is 3.54. The van der Waals surface area contributed by atoms with Crippen LogP contribution in [0.2, 0.25) is 0 Å². The summed E-state index contributed by atoms with van der Waals surface area (Å²) in [7, 11) is 0. The number of hydrogen-bond acceptors (Lipinski definition) is 2. The second-order valence-corrected chi connectivity index (χ2v) is 7.86. The number of unbranched alkanes of at least 4 members (excludes halogenated alkanes) is 7. The van der Waals surface area contributed by atoms with Crippen LogP contribution in [0, 0.1) is 0 Å². The second-order valence-electron chi connectivity index (χ2n) is 7.86. The highest BCUT2D eigenvalue weighted by molar-refractivity contribution is 5.86. The molecule has 2 N–H and O–H groups in total. The first-order valence-corrected chi connectivity index (χ1v) is 11.6. The number of allylic oxidation sites excluding steroid dienone is 4. The van der Waals surface area contributed by atoms with Crippen LogP contribution >= 0.6 is 0 Å². The molecule has 1 aromatic carbocycles. The van der Waals surface area contributed by atoms with E-state index in [4.69, 9.17) is 5.11 Å². The Hall–Kier alpha value is -2.62. The molecule has 0 saturated carbocycles. The summed E-state index contributed by atoms with van der Waals surface area (Å²) in [6.07, 6.45) is 23.2. The standard InChI is InChI=1S/C27H38O4/c1-2-3-4-5-6-7-8-9-10-11-12-13-14-15-20-25(27(30)31)24-19-17-16-18-23(24)21-22-26(28)29/h6-7,9-10,16-19,21-22,25H,2-5,8,11-15,20H2,1H3,(H,28,29)(H,30,31)/b7-6-,10-9-,22-21+. The largest absolute Gasteiger partial charge is 0.481 e. The third-order valence-electron chi connectivity index (χ3n) is 5.27. The van der Waals surface area contributed by atoms with Gasteiger partial charge < -0.3 is 10.2 Å². The normalized spacial score (nSPS) is 12.8. The van der Waals surface area contributed by atoms with E-state index < -0.39 is 17.9 Å². The number of carbonyl (C=O) groups is 2. The summed E-state index contributed by atoms with van der Waals surface area (Å²) in [5.74, 6) is -2.51. The second kappa shape index (κ2) is 17.1. The molecule has 0 aliphatic carbocycles. The first-order valence-electron chi connectivity index (χ1n) is 11.6. The van der Waals surface area contributed by atoms with Crippen molar-refractivity contribution in [1.82, 2.24) is 0 Å². The molecule has 0 heterocycles. The summed E-state index contributed by atoms with van der Waals surface area (Å²) in [5.41, 5.74) is 1.33. The van der Waals surface area contributed by atoms with Gasteiger partial charge in [0, 0.05) is 6.08 Å². The molecule has 0 saturated heterocycles. The van der Waals surface area contributed by atoms with Gasteiger partial charge in [-0.2, -0.15) is 0 Å². The van der Waals surface area contributed by atoms with Crippen molar-refractivity contribution in [2.24, 2.45) is 0 Å². The van der Waals surface area contributed by atoms with E-state index in [9.17, 15) is 14.7 Å². The van der Waals surface area contributed by atoms with Crippen LogP contribution in [-0.2, 0) is 9.59 Å². The smallest absolute Gasteiger partial charge is 0.328 e. The fraction of sp³-hybridized carbons (Fsp3) is 0.481. The van der Waals surface area contributed by atoms with Crippen molar-refractivity contribution >= 4 is 18.0 Å². The van der Waals surface area contributed by atoms with Crippen molar-refractivity contribution in [2.45, 2.75) is 83.5 Å². The monoisotopic (exact) mass is 426 g/mol. The molecule has 0 amide bonds. The van der Waals surface area contributed by atoms with Gasteiger partial charge in [-0.1, -0.05) is 87.6 Å². The van der Waals surface area contributed by atoms with E-state index in [1.165, 1.54) is 31.8 Å². The highest BCUT2D eigenvalue weighted by Crippen LogP contribution is 2.27. The Morgan fingerprint density at radius 3 is 2.16 bits per heavy atom. The Morgan fingerprint density at radius 1 is 0.871 bits per heavy atom. The van der Waals surface area contributed by atoms with Crippen LogP contribution in [0.1, 0.15) is 94.6 Å². The molecule has 0 spiro atoms. The highest BCUT2D eigenvalue weighted by Gasteiger charge is 2.21. The summed E-state index contributed by atoms with van der Waals surface area (Å²) in [6, 6.07) is 7.14. The molecule has 0 bridgehead atoms. The molecule has 1 rings (SSSR count). The van der Waals surface area contributed by atoms with Gasteiger partial charge in [0.05, 0.1) is 5.92 Å². The van der Waals surface area contributed by atoms with E-state index in [2.05, 4.69) is 31.2 Å². The lowest BCUT2D eigenvalue weighted by molar-refractivity contribution is -0.139. The van der Waals surface area contributed by atoms with E-state index in [-0.39, 0.29) is 0 Å². The van der Waals surface area contributed by atoms with Gasteiger partial charge in [0.2, 0.25) is 0 Å². The number of aliphatic carboxylic acids is 2. The number of carboxylic acids is 2. The van der Waals surface area contributed by atoms with E-state index in [0.717, 1.165) is 44.6 Å². The molecule has 0 radical (unpaired) electrons. The van der Waals surface area contributed by atoms with Gasteiger partial charge in [-0.3, -0.25) is 4.79 Å². The first-order chi connectivity index (χ1) is 15.1. The van der Waals surface area contributed by atoms with Gasteiger partial charge in [-0.05, 0) is 55.7 Å². The molecule has 31 heavy (non-hydrogen) atoms. The minimum absolute atomic E-state index is 0.561. The molecule has 1 unspecified atom stereocenters. The van der Waals surface area contributed by atoms with Crippen LogP contribution in [0.4, 0.5) is 0 Å². The molecule has 0 aromatic heterocycles. The van der Waals surface area contributed by atoms with Crippen LogP contribution in [0.25, 0.3) is 6.08 Å². The lowest BCUT2D eigenvalue weighted by Gasteiger charge is -2.15. The molecule has 1 aromatic rings. The maximum Gasteiger partial charge on any atom is 0.328 e. The van der Waals surface area contributed by atoms with Crippen LogP contribution in [0.5, 0.6) is 0 Å². The van der Waals surface area contributed by atoms with E-state index in [1.807, 2.05) is 0 Å². The first kappa shape index (κ1) is 26.4. The Balaban J connectivity index is 2.32. The summed E-state index contributed by atoms with van der Waals surface area (Å²) >= 11 is 0. The zero-order valence-electron chi connectivity index (χ0n) is 18.8. The van der Waals surface area contributed by atoms with Gasteiger partial charge >= 0.3 is 11.9 Å². The minimum atomic E-state index is -1.04. The maximum atomic E-state index is 11.8. The zero-order valence-corrected chi connectivity index (χ0v) is 18.8. The maximum absolute atomic E-state index is 11.8. The van der Waals surface area contributed by atoms with Crippen LogP contribution in [0.3, 0.4) is 0 Å². The highest BCUT2D eigenvalue weighted by atomic mass is 16.4. The predicted octanol–water partition coefficient (Wildman–Crippen LogP) is 7.38. The Morgan fingerprint density at radius 2 is 1.52 bits per heavy atom. The molecule has 0 aliphatic heterocycles. The third-order valence-corrected chi connectivity index (χ3v) is 5.27. The Kier molecular flexibility index (Phi) is 14.6. The van der Waals surface area contributed by atoms with Gasteiger partial charge in [-0.15, -0.1) is 0 Å². The Labute approximate surface area is 187 Å². The van der Waals surface area contributed by atoms with Crippen molar-refractivity contribution in [3.8, 4) is 0 Å². The topological polar surface area (TPSA) is 74.6 Å². The summed E-state index contributed by atoms with van der Waals surface area (Å²) in [5, 5.41) is 18.5. The third kappa shape index (κ3) is 12.6. The predicted molar refractivity (Wildman–Crippen MR) is 128 cm³/mol. The lowest BCUT2D eigenvalue weighted by Crippen LogP contribution is -2.13. The summed E-state index contributed by atoms with van der Waals surface area (Å²) in [4.78, 5) is 22.6. The fourth-order valence-corrected chi connectivity index (χ4v) is 3.54. The molecular weight excluding hydrogens is 388 g/mol. The number of hydrogen-bond donors (Lipinski definition) is 2. The van der Waals surface area contributed by atoms with Crippen LogP contribution in [-0.4, -0.2) is 22.2 Å². The molecule has 4 heteroatoms. The lowest BCUT2D eigenvalue weighted by atomic mass is 9.89. The molecule has 170 valence electrons. The van der Waals surface area contributed by atoms with Gasteiger partial charge in [-0.25, -0.2) is 4.79 Å². The zero-order chi connectivity index (χ0) is 22.7. The minimum Gasteiger partial charge on any atom is -0.481 e. The number of benzene rings is 1. The average molecular weight is 427 g/mol. The van der Waals surface area contributed by atoms with Crippen molar-refractivity contribution in [3.05, 3.63) is 65.8 Å². The molecule has 0 fully saturated rings.